The molecule has 0 aliphatic heterocycles. The second-order valence-electron chi connectivity index (χ2n) is 2.62. The molecule has 0 atom stereocenters. The monoisotopic (exact) mass is 164 g/mol. The van der Waals surface area contributed by atoms with E-state index in [1.165, 1.54) is 5.56 Å². The van der Waals surface area contributed by atoms with Gasteiger partial charge in [-0.15, -0.1) is 0 Å². The molecule has 0 N–H and O–H groups in total. The molecule has 2 nitrogen and oxygen atoms in total. The lowest BCUT2D eigenvalue weighted by atomic mass is 10.2. The van der Waals surface area contributed by atoms with E-state index < -0.39 is 0 Å². The maximum Gasteiger partial charge on any atom is 0.123 e. The van der Waals surface area contributed by atoms with Crippen molar-refractivity contribution in [2.24, 2.45) is 0 Å². The molecule has 1 aromatic carbocycles. The van der Waals surface area contributed by atoms with Crippen LogP contribution in [0.5, 0.6) is 5.75 Å². The lowest BCUT2D eigenvalue weighted by molar-refractivity contribution is -0.108. The molecule has 0 fully saturated rings. The molecule has 0 amide bonds. The summed E-state index contributed by atoms with van der Waals surface area (Å²) in [5, 5.41) is 0. The number of rotatable bonds is 4. The standard InChI is InChI=1S/C10H12O2/c1-9-3-5-10(6-4-9)12-8-2-7-11/h3-7H,2,8H2,1H3. The van der Waals surface area contributed by atoms with Gasteiger partial charge in [0.2, 0.25) is 0 Å². The van der Waals surface area contributed by atoms with Crippen LogP contribution in [0.25, 0.3) is 0 Å². The van der Waals surface area contributed by atoms with Gasteiger partial charge in [0.25, 0.3) is 0 Å². The average Bonchev–Trinajstić information content (AvgIpc) is 2.09. The second-order valence-corrected chi connectivity index (χ2v) is 2.62. The van der Waals surface area contributed by atoms with E-state index in [1.54, 1.807) is 0 Å². The van der Waals surface area contributed by atoms with Gasteiger partial charge in [-0.05, 0) is 19.1 Å². The van der Waals surface area contributed by atoms with E-state index in [-0.39, 0.29) is 0 Å². The summed E-state index contributed by atoms with van der Waals surface area (Å²) in [4.78, 5) is 9.97. The third-order valence-electron chi connectivity index (χ3n) is 1.53. The number of carbonyl (C=O) groups is 1. The molecule has 0 saturated carbocycles. The van der Waals surface area contributed by atoms with Crippen LogP contribution in [-0.4, -0.2) is 12.9 Å². The van der Waals surface area contributed by atoms with Crippen molar-refractivity contribution in [1.29, 1.82) is 0 Å². The van der Waals surface area contributed by atoms with Crippen molar-refractivity contribution >= 4 is 6.29 Å². The summed E-state index contributed by atoms with van der Waals surface area (Å²) in [5.41, 5.74) is 1.21. The fraction of sp³-hybridized carbons (Fsp3) is 0.300. The molecule has 0 aliphatic rings. The highest BCUT2D eigenvalue weighted by Crippen LogP contribution is 2.10. The zero-order valence-electron chi connectivity index (χ0n) is 7.12. The Kier molecular flexibility index (Phi) is 3.33. The summed E-state index contributed by atoms with van der Waals surface area (Å²) in [5.74, 6) is 0.822. The van der Waals surface area contributed by atoms with Crippen LogP contribution < -0.4 is 4.74 Å². The molecule has 64 valence electrons. The van der Waals surface area contributed by atoms with Crippen LogP contribution in [0.3, 0.4) is 0 Å². The average molecular weight is 164 g/mol. The van der Waals surface area contributed by atoms with Gasteiger partial charge in [-0.25, -0.2) is 0 Å². The van der Waals surface area contributed by atoms with Crippen molar-refractivity contribution < 1.29 is 9.53 Å². The van der Waals surface area contributed by atoms with E-state index in [0.717, 1.165) is 12.0 Å². The van der Waals surface area contributed by atoms with Crippen molar-refractivity contribution in [3.8, 4) is 5.75 Å². The minimum absolute atomic E-state index is 0.452. The van der Waals surface area contributed by atoms with Gasteiger partial charge in [-0.2, -0.15) is 0 Å². The zero-order chi connectivity index (χ0) is 8.81. The number of hydrogen-bond donors (Lipinski definition) is 0. The first kappa shape index (κ1) is 8.78. The fourth-order valence-corrected chi connectivity index (χ4v) is 0.859. The van der Waals surface area contributed by atoms with Crippen molar-refractivity contribution in [2.45, 2.75) is 13.3 Å². The molecule has 1 rings (SSSR count). The van der Waals surface area contributed by atoms with Gasteiger partial charge in [0.05, 0.1) is 6.61 Å². The SMILES string of the molecule is Cc1ccc(OCCC=O)cc1. The summed E-state index contributed by atoms with van der Waals surface area (Å²) in [6, 6.07) is 7.77. The summed E-state index contributed by atoms with van der Waals surface area (Å²) in [6.45, 7) is 2.49. The largest absolute Gasteiger partial charge is 0.493 e. The fourth-order valence-electron chi connectivity index (χ4n) is 0.859. The molecular weight excluding hydrogens is 152 g/mol. The molecule has 0 heterocycles. The van der Waals surface area contributed by atoms with Crippen molar-refractivity contribution in [1.82, 2.24) is 0 Å². The van der Waals surface area contributed by atoms with Crippen LogP contribution in [0.15, 0.2) is 24.3 Å². The van der Waals surface area contributed by atoms with Gasteiger partial charge >= 0.3 is 0 Å². The number of carbonyl (C=O) groups excluding carboxylic acids is 1. The Morgan fingerprint density at radius 2 is 2.00 bits per heavy atom. The van der Waals surface area contributed by atoms with Crippen LogP contribution in [0, 0.1) is 6.92 Å². The van der Waals surface area contributed by atoms with Gasteiger partial charge < -0.3 is 9.53 Å². The Morgan fingerprint density at radius 3 is 2.58 bits per heavy atom. The molecule has 2 heteroatoms. The van der Waals surface area contributed by atoms with Gasteiger partial charge in [0.15, 0.2) is 0 Å². The molecule has 0 unspecified atom stereocenters. The van der Waals surface area contributed by atoms with Crippen molar-refractivity contribution in [2.75, 3.05) is 6.61 Å². The maximum absolute atomic E-state index is 9.97. The van der Waals surface area contributed by atoms with Crippen molar-refractivity contribution in [3.05, 3.63) is 29.8 Å². The van der Waals surface area contributed by atoms with Crippen LogP contribution in [0.2, 0.25) is 0 Å². The molecule has 1 aromatic rings. The predicted molar refractivity (Wildman–Crippen MR) is 47.4 cm³/mol. The van der Waals surface area contributed by atoms with E-state index in [0.29, 0.717) is 13.0 Å². The minimum atomic E-state index is 0.452. The molecule has 0 spiro atoms. The van der Waals surface area contributed by atoms with Gasteiger partial charge in [0.1, 0.15) is 12.0 Å². The normalized spacial score (nSPS) is 9.42. The molecule has 0 saturated heterocycles. The highest BCUT2D eigenvalue weighted by atomic mass is 16.5. The highest BCUT2D eigenvalue weighted by Gasteiger charge is 1.91. The van der Waals surface area contributed by atoms with E-state index in [1.807, 2.05) is 31.2 Å². The molecule has 0 bridgehead atoms. The molecule has 12 heavy (non-hydrogen) atoms. The van der Waals surface area contributed by atoms with Crippen LogP contribution in [-0.2, 0) is 4.79 Å². The molecule has 0 radical (unpaired) electrons. The van der Waals surface area contributed by atoms with Crippen LogP contribution >= 0.6 is 0 Å². The lowest BCUT2D eigenvalue weighted by Crippen LogP contribution is -1.97. The first-order valence-electron chi connectivity index (χ1n) is 3.96. The maximum atomic E-state index is 9.97. The Hall–Kier alpha value is -1.31. The quantitative estimate of drug-likeness (QED) is 0.502. The number of aryl methyl sites for hydroxylation is 1. The van der Waals surface area contributed by atoms with Gasteiger partial charge in [0, 0.05) is 6.42 Å². The predicted octanol–water partition coefficient (Wildman–Crippen LogP) is 1.96. The second kappa shape index (κ2) is 4.54. The zero-order valence-corrected chi connectivity index (χ0v) is 7.12. The summed E-state index contributed by atoms with van der Waals surface area (Å²) < 4.78 is 5.27. The number of ether oxygens (including phenoxy) is 1. The van der Waals surface area contributed by atoms with E-state index in [4.69, 9.17) is 4.74 Å². The van der Waals surface area contributed by atoms with Crippen LogP contribution in [0.4, 0.5) is 0 Å². The molecule has 0 aromatic heterocycles. The van der Waals surface area contributed by atoms with Crippen molar-refractivity contribution in [3.63, 3.8) is 0 Å². The van der Waals surface area contributed by atoms with E-state index in [9.17, 15) is 4.79 Å². The van der Waals surface area contributed by atoms with E-state index in [2.05, 4.69) is 0 Å². The minimum Gasteiger partial charge on any atom is -0.493 e. The van der Waals surface area contributed by atoms with E-state index >= 15 is 0 Å². The summed E-state index contributed by atoms with van der Waals surface area (Å²) in [6.07, 6.45) is 1.31. The Labute approximate surface area is 72.2 Å². The lowest BCUT2D eigenvalue weighted by Gasteiger charge is -2.02. The van der Waals surface area contributed by atoms with Crippen LogP contribution in [0.1, 0.15) is 12.0 Å². The number of hydrogen-bond acceptors (Lipinski definition) is 2. The first-order chi connectivity index (χ1) is 5.83. The number of aldehydes is 1. The van der Waals surface area contributed by atoms with Gasteiger partial charge in [-0.1, -0.05) is 17.7 Å². The highest BCUT2D eigenvalue weighted by molar-refractivity contribution is 5.49. The third kappa shape index (κ3) is 2.74. The van der Waals surface area contributed by atoms with Gasteiger partial charge in [-0.3, -0.25) is 0 Å². The molecule has 0 aliphatic carbocycles. The molecular formula is C10H12O2. The third-order valence-corrected chi connectivity index (χ3v) is 1.53. The smallest absolute Gasteiger partial charge is 0.123 e. The Bertz CT molecular complexity index is 239. The first-order valence-corrected chi connectivity index (χ1v) is 3.96. The Morgan fingerprint density at radius 1 is 1.33 bits per heavy atom. The summed E-state index contributed by atoms with van der Waals surface area (Å²) in [7, 11) is 0. The summed E-state index contributed by atoms with van der Waals surface area (Å²) >= 11 is 0. The number of benzene rings is 1. The Balaban J connectivity index is 2.42. The topological polar surface area (TPSA) is 26.3 Å².